The minimum absolute atomic E-state index is 0.0228. The molecule has 20 heavy (non-hydrogen) atoms. The van der Waals surface area contributed by atoms with Gasteiger partial charge >= 0.3 is 0 Å². The number of aromatic nitrogens is 2. The second-order valence-electron chi connectivity index (χ2n) is 4.28. The van der Waals surface area contributed by atoms with Crippen molar-refractivity contribution in [1.29, 1.82) is 0 Å². The van der Waals surface area contributed by atoms with Gasteiger partial charge in [-0.15, -0.1) is 0 Å². The number of hydrogen-bond donors (Lipinski definition) is 2. The summed E-state index contributed by atoms with van der Waals surface area (Å²) in [6.07, 6.45) is 1.62. The summed E-state index contributed by atoms with van der Waals surface area (Å²) in [6.45, 7) is -0.0228. The molecule has 0 unspecified atom stereocenters. The number of nitrogens with one attached hydrogen (secondary N) is 2. The van der Waals surface area contributed by atoms with Crippen LogP contribution in [0, 0.1) is 0 Å². The van der Waals surface area contributed by atoms with Crippen LogP contribution in [-0.4, -0.2) is 22.5 Å². The summed E-state index contributed by atoms with van der Waals surface area (Å²) in [5, 5.41) is 2.78. The first-order valence-electron chi connectivity index (χ1n) is 6.22. The number of carbonyl (C=O) groups is 1. The molecule has 1 heterocycles. The van der Waals surface area contributed by atoms with E-state index in [9.17, 15) is 4.79 Å². The summed E-state index contributed by atoms with van der Waals surface area (Å²) in [5.74, 6) is 0.472. The van der Waals surface area contributed by atoms with Crippen LogP contribution in [-0.2, 0) is 4.79 Å². The van der Waals surface area contributed by atoms with Gasteiger partial charge in [-0.2, -0.15) is 0 Å². The van der Waals surface area contributed by atoms with Gasteiger partial charge < -0.3 is 15.0 Å². The van der Waals surface area contributed by atoms with Crippen molar-refractivity contribution in [2.75, 3.05) is 11.9 Å². The van der Waals surface area contributed by atoms with Gasteiger partial charge in [-0.3, -0.25) is 4.79 Å². The number of anilines is 1. The highest BCUT2D eigenvalue weighted by Crippen LogP contribution is 2.15. The number of imidazole rings is 1. The second-order valence-corrected chi connectivity index (χ2v) is 4.28. The van der Waals surface area contributed by atoms with Gasteiger partial charge in [0, 0.05) is 5.69 Å². The Morgan fingerprint density at radius 3 is 2.90 bits per heavy atom. The first-order chi connectivity index (χ1) is 9.81. The molecule has 0 spiro atoms. The number of hydrogen-bond acceptors (Lipinski definition) is 3. The summed E-state index contributed by atoms with van der Waals surface area (Å²) in [4.78, 5) is 18.9. The summed E-state index contributed by atoms with van der Waals surface area (Å²) < 4.78 is 5.38. The Labute approximate surface area is 115 Å². The van der Waals surface area contributed by atoms with E-state index in [1.807, 2.05) is 48.5 Å². The zero-order chi connectivity index (χ0) is 13.8. The summed E-state index contributed by atoms with van der Waals surface area (Å²) in [7, 11) is 0. The van der Waals surface area contributed by atoms with Gasteiger partial charge in [-0.05, 0) is 30.3 Å². The minimum Gasteiger partial charge on any atom is -0.484 e. The number of aromatic amines is 1. The number of rotatable bonds is 4. The Bertz CT molecular complexity index is 722. The largest absolute Gasteiger partial charge is 0.484 e. The molecule has 0 atom stereocenters. The third-order valence-corrected chi connectivity index (χ3v) is 2.82. The van der Waals surface area contributed by atoms with Crippen LogP contribution in [0.1, 0.15) is 0 Å². The van der Waals surface area contributed by atoms with Crippen molar-refractivity contribution in [3.05, 3.63) is 54.9 Å². The number of amides is 1. The molecule has 3 rings (SSSR count). The Hall–Kier alpha value is -2.82. The molecule has 5 nitrogen and oxygen atoms in total. The monoisotopic (exact) mass is 267 g/mol. The zero-order valence-electron chi connectivity index (χ0n) is 10.7. The Balaban J connectivity index is 1.61. The molecule has 5 heteroatoms. The molecule has 0 aliphatic carbocycles. The van der Waals surface area contributed by atoms with Crippen LogP contribution in [0.15, 0.2) is 54.9 Å². The van der Waals surface area contributed by atoms with E-state index in [1.165, 1.54) is 0 Å². The van der Waals surface area contributed by atoms with Crippen LogP contribution in [0.2, 0.25) is 0 Å². The van der Waals surface area contributed by atoms with Crippen molar-refractivity contribution in [2.24, 2.45) is 0 Å². The van der Waals surface area contributed by atoms with Gasteiger partial charge in [0.15, 0.2) is 6.61 Å². The van der Waals surface area contributed by atoms with Gasteiger partial charge in [-0.1, -0.05) is 18.2 Å². The van der Waals surface area contributed by atoms with Crippen LogP contribution in [0.4, 0.5) is 5.69 Å². The molecular weight excluding hydrogens is 254 g/mol. The number of fused-ring (bicyclic) bond motifs is 1. The standard InChI is InChI=1S/C15H13N3O2/c19-15(9-20-12-4-2-1-3-5-12)18-11-6-7-13-14(8-11)17-10-16-13/h1-8,10H,9H2,(H,16,17)(H,18,19). The molecule has 0 saturated heterocycles. The molecule has 1 amide bonds. The highest BCUT2D eigenvalue weighted by Gasteiger charge is 2.05. The number of H-pyrrole nitrogens is 1. The normalized spacial score (nSPS) is 10.4. The maximum atomic E-state index is 11.8. The molecule has 0 aliphatic rings. The number of carbonyl (C=O) groups excluding carboxylic acids is 1. The Morgan fingerprint density at radius 2 is 2.05 bits per heavy atom. The molecule has 1 aromatic heterocycles. The van der Waals surface area contributed by atoms with Gasteiger partial charge in [-0.25, -0.2) is 4.98 Å². The summed E-state index contributed by atoms with van der Waals surface area (Å²) >= 11 is 0. The third-order valence-electron chi connectivity index (χ3n) is 2.82. The highest BCUT2D eigenvalue weighted by atomic mass is 16.5. The molecular formula is C15H13N3O2. The molecule has 0 aliphatic heterocycles. The quantitative estimate of drug-likeness (QED) is 0.763. The Kier molecular flexibility index (Phi) is 3.33. The molecule has 0 radical (unpaired) electrons. The smallest absolute Gasteiger partial charge is 0.262 e. The van der Waals surface area contributed by atoms with Crippen molar-refractivity contribution >= 4 is 22.6 Å². The van der Waals surface area contributed by atoms with Crippen molar-refractivity contribution < 1.29 is 9.53 Å². The second kappa shape index (κ2) is 5.44. The number of para-hydroxylation sites is 1. The average molecular weight is 267 g/mol. The maximum absolute atomic E-state index is 11.8. The van der Waals surface area contributed by atoms with Gasteiger partial charge in [0.1, 0.15) is 5.75 Å². The lowest BCUT2D eigenvalue weighted by atomic mass is 10.3. The topological polar surface area (TPSA) is 67.0 Å². The lowest BCUT2D eigenvalue weighted by Crippen LogP contribution is -2.20. The summed E-state index contributed by atoms with van der Waals surface area (Å²) in [5.41, 5.74) is 2.46. The van der Waals surface area contributed by atoms with Gasteiger partial charge in [0.25, 0.3) is 5.91 Å². The van der Waals surface area contributed by atoms with E-state index in [0.29, 0.717) is 11.4 Å². The first-order valence-corrected chi connectivity index (χ1v) is 6.22. The number of nitrogens with zero attached hydrogens (tertiary/aromatic N) is 1. The minimum atomic E-state index is -0.201. The van der Waals surface area contributed by atoms with E-state index >= 15 is 0 Å². The highest BCUT2D eigenvalue weighted by molar-refractivity contribution is 5.93. The van der Waals surface area contributed by atoms with Crippen LogP contribution in [0.25, 0.3) is 11.0 Å². The predicted octanol–water partition coefficient (Wildman–Crippen LogP) is 2.58. The summed E-state index contributed by atoms with van der Waals surface area (Å²) in [6, 6.07) is 14.7. The lowest BCUT2D eigenvalue weighted by Gasteiger charge is -2.07. The van der Waals surface area contributed by atoms with Crippen molar-refractivity contribution in [3.8, 4) is 5.75 Å². The van der Waals surface area contributed by atoms with E-state index in [-0.39, 0.29) is 12.5 Å². The van der Waals surface area contributed by atoms with Crippen molar-refractivity contribution in [1.82, 2.24) is 9.97 Å². The van der Waals surface area contributed by atoms with Crippen molar-refractivity contribution in [3.63, 3.8) is 0 Å². The van der Waals surface area contributed by atoms with E-state index in [2.05, 4.69) is 15.3 Å². The third kappa shape index (κ3) is 2.77. The van der Waals surface area contributed by atoms with Crippen LogP contribution in [0.3, 0.4) is 0 Å². The molecule has 0 bridgehead atoms. The van der Waals surface area contributed by atoms with Crippen molar-refractivity contribution in [2.45, 2.75) is 0 Å². The lowest BCUT2D eigenvalue weighted by molar-refractivity contribution is -0.118. The fraction of sp³-hybridized carbons (Fsp3) is 0.0667. The maximum Gasteiger partial charge on any atom is 0.262 e. The molecule has 2 aromatic carbocycles. The van der Waals surface area contributed by atoms with Gasteiger partial charge in [0.2, 0.25) is 0 Å². The fourth-order valence-electron chi connectivity index (χ4n) is 1.88. The van der Waals surface area contributed by atoms with E-state index in [1.54, 1.807) is 6.33 Å². The first kappa shape index (κ1) is 12.2. The average Bonchev–Trinajstić information content (AvgIpc) is 2.94. The van der Waals surface area contributed by atoms with E-state index in [0.717, 1.165) is 11.0 Å². The molecule has 0 fully saturated rings. The van der Waals surface area contributed by atoms with Crippen LogP contribution >= 0.6 is 0 Å². The molecule has 2 N–H and O–H groups in total. The van der Waals surface area contributed by atoms with Crippen LogP contribution < -0.4 is 10.1 Å². The fourth-order valence-corrected chi connectivity index (χ4v) is 1.88. The van der Waals surface area contributed by atoms with E-state index in [4.69, 9.17) is 4.74 Å². The predicted molar refractivity (Wildman–Crippen MR) is 76.7 cm³/mol. The molecule has 3 aromatic rings. The molecule has 100 valence electrons. The van der Waals surface area contributed by atoms with Gasteiger partial charge in [0.05, 0.1) is 17.4 Å². The van der Waals surface area contributed by atoms with E-state index < -0.39 is 0 Å². The van der Waals surface area contributed by atoms with Crippen LogP contribution in [0.5, 0.6) is 5.75 Å². The SMILES string of the molecule is O=C(COc1ccccc1)Nc1ccc2nc[nH]c2c1. The number of ether oxygens (including phenoxy) is 1. The number of benzene rings is 2. The molecule has 0 saturated carbocycles. The zero-order valence-corrected chi connectivity index (χ0v) is 10.7. The Morgan fingerprint density at radius 1 is 1.20 bits per heavy atom.